The molecule has 4 rings (SSSR count). The Morgan fingerprint density at radius 1 is 1.07 bits per heavy atom. The summed E-state index contributed by atoms with van der Waals surface area (Å²) in [5, 5.41) is 2.05. The Kier molecular flexibility index (Phi) is 5.59. The van der Waals surface area contributed by atoms with Gasteiger partial charge in [0.25, 0.3) is 0 Å². The topological polar surface area (TPSA) is 57.0 Å². The molecule has 0 atom stereocenters. The number of rotatable bonds is 7. The minimum absolute atomic E-state index is 0.122. The van der Waals surface area contributed by atoms with Crippen LogP contribution in [0.3, 0.4) is 0 Å². The van der Waals surface area contributed by atoms with Crippen molar-refractivity contribution in [3.63, 3.8) is 0 Å². The van der Waals surface area contributed by atoms with Gasteiger partial charge in [0.1, 0.15) is 5.76 Å². The predicted molar refractivity (Wildman–Crippen MR) is 103 cm³/mol. The van der Waals surface area contributed by atoms with Crippen molar-refractivity contribution >= 4 is 23.2 Å². The van der Waals surface area contributed by atoms with E-state index in [4.69, 9.17) is 4.42 Å². The van der Waals surface area contributed by atoms with Crippen LogP contribution in [0.2, 0.25) is 0 Å². The molecular formula is C20H25N3O3S. The highest BCUT2D eigenvalue weighted by atomic mass is 32.1. The van der Waals surface area contributed by atoms with Crippen LogP contribution in [-0.4, -0.2) is 59.2 Å². The third-order valence-corrected chi connectivity index (χ3v) is 6.01. The van der Waals surface area contributed by atoms with Crippen LogP contribution < -0.4 is 0 Å². The lowest BCUT2D eigenvalue weighted by Crippen LogP contribution is -2.52. The maximum absolute atomic E-state index is 12.8. The van der Waals surface area contributed by atoms with E-state index in [0.717, 1.165) is 25.1 Å². The van der Waals surface area contributed by atoms with E-state index >= 15 is 0 Å². The number of nitrogens with zero attached hydrogens (tertiary/aromatic N) is 3. The first-order chi connectivity index (χ1) is 13.2. The van der Waals surface area contributed by atoms with Gasteiger partial charge in [0.05, 0.1) is 19.4 Å². The Hall–Kier alpha value is -2.12. The van der Waals surface area contributed by atoms with E-state index in [2.05, 4.69) is 16.3 Å². The summed E-state index contributed by atoms with van der Waals surface area (Å²) in [6, 6.07) is 7.93. The summed E-state index contributed by atoms with van der Waals surface area (Å²) in [5.41, 5.74) is 0. The van der Waals surface area contributed by atoms with Gasteiger partial charge in [0, 0.05) is 43.5 Å². The van der Waals surface area contributed by atoms with Crippen molar-refractivity contribution in [2.45, 2.75) is 25.9 Å². The molecule has 1 saturated carbocycles. The fourth-order valence-corrected chi connectivity index (χ4v) is 4.22. The Labute approximate surface area is 163 Å². The first kappa shape index (κ1) is 18.3. The predicted octanol–water partition coefficient (Wildman–Crippen LogP) is 2.42. The average molecular weight is 388 g/mol. The zero-order valence-electron chi connectivity index (χ0n) is 15.4. The lowest BCUT2D eigenvalue weighted by atomic mass is 10.2. The summed E-state index contributed by atoms with van der Waals surface area (Å²) in [4.78, 5) is 32.2. The molecule has 0 bridgehead atoms. The molecule has 6 nitrogen and oxygen atoms in total. The summed E-state index contributed by atoms with van der Waals surface area (Å²) in [6.45, 7) is 4.26. The number of hydrogen-bond donors (Lipinski definition) is 0. The molecule has 144 valence electrons. The lowest BCUT2D eigenvalue weighted by molar-refractivity contribution is -0.141. The molecule has 2 aromatic heterocycles. The number of hydrogen-bond acceptors (Lipinski definition) is 5. The molecule has 2 aliphatic rings. The summed E-state index contributed by atoms with van der Waals surface area (Å²) >= 11 is 1.70. The number of furan rings is 1. The molecule has 27 heavy (non-hydrogen) atoms. The Morgan fingerprint density at radius 3 is 2.48 bits per heavy atom. The smallest absolute Gasteiger partial charge is 0.236 e. The molecule has 1 saturated heterocycles. The van der Waals surface area contributed by atoms with E-state index in [1.54, 1.807) is 17.6 Å². The van der Waals surface area contributed by atoms with Gasteiger partial charge in [-0.05, 0) is 36.4 Å². The van der Waals surface area contributed by atoms with E-state index in [0.29, 0.717) is 39.3 Å². The van der Waals surface area contributed by atoms with Gasteiger partial charge in [-0.3, -0.25) is 14.5 Å². The molecule has 1 aliphatic carbocycles. The molecule has 1 aliphatic heterocycles. The van der Waals surface area contributed by atoms with E-state index < -0.39 is 0 Å². The summed E-state index contributed by atoms with van der Waals surface area (Å²) < 4.78 is 5.47. The van der Waals surface area contributed by atoms with Gasteiger partial charge in [0.15, 0.2) is 0 Å². The van der Waals surface area contributed by atoms with Crippen molar-refractivity contribution in [3.05, 3.63) is 46.5 Å². The van der Waals surface area contributed by atoms with Crippen molar-refractivity contribution in [2.24, 2.45) is 5.92 Å². The number of piperazine rings is 1. The first-order valence-electron chi connectivity index (χ1n) is 9.53. The van der Waals surface area contributed by atoms with Gasteiger partial charge in [-0.2, -0.15) is 0 Å². The number of carbonyl (C=O) groups is 2. The van der Waals surface area contributed by atoms with Gasteiger partial charge in [0.2, 0.25) is 11.8 Å². The molecule has 2 fully saturated rings. The second-order valence-corrected chi connectivity index (χ2v) is 8.32. The van der Waals surface area contributed by atoms with Crippen LogP contribution in [-0.2, 0) is 22.7 Å². The van der Waals surface area contributed by atoms with Crippen LogP contribution in [0.4, 0.5) is 0 Å². The Morgan fingerprint density at radius 2 is 1.85 bits per heavy atom. The molecule has 0 spiro atoms. The number of amides is 2. The minimum atomic E-state index is 0.122. The fourth-order valence-electron chi connectivity index (χ4n) is 3.47. The molecule has 7 heteroatoms. The molecule has 2 amide bonds. The van der Waals surface area contributed by atoms with Crippen molar-refractivity contribution in [3.8, 4) is 0 Å². The second-order valence-electron chi connectivity index (χ2n) is 7.28. The molecule has 2 aromatic rings. The third kappa shape index (κ3) is 4.78. The maximum Gasteiger partial charge on any atom is 0.236 e. The van der Waals surface area contributed by atoms with E-state index in [1.807, 2.05) is 28.0 Å². The zero-order valence-corrected chi connectivity index (χ0v) is 16.2. The van der Waals surface area contributed by atoms with E-state index in [1.165, 1.54) is 4.88 Å². The van der Waals surface area contributed by atoms with Crippen LogP contribution in [0.25, 0.3) is 0 Å². The largest absolute Gasteiger partial charge is 0.468 e. The monoisotopic (exact) mass is 387 g/mol. The highest BCUT2D eigenvalue weighted by Crippen LogP contribution is 2.31. The molecule has 0 radical (unpaired) electrons. The minimum Gasteiger partial charge on any atom is -0.468 e. The molecule has 0 N–H and O–H groups in total. The Bertz CT molecular complexity index is 711. The zero-order chi connectivity index (χ0) is 18.6. The standard InChI is InChI=1S/C20H25N3O3S/c24-19(22-7-9-23(10-8-22)20(25)16-5-6-16)15-21(13-17-3-1-11-26-17)14-18-4-2-12-27-18/h1-4,11-12,16H,5-10,13-15H2. The van der Waals surface area contributed by atoms with Gasteiger partial charge in [-0.15, -0.1) is 11.3 Å². The number of thiophene rings is 1. The van der Waals surface area contributed by atoms with E-state index in [9.17, 15) is 9.59 Å². The summed E-state index contributed by atoms with van der Waals surface area (Å²) in [5.74, 6) is 1.51. The third-order valence-electron chi connectivity index (χ3n) is 5.15. The van der Waals surface area contributed by atoms with Crippen molar-refractivity contribution in [1.82, 2.24) is 14.7 Å². The highest BCUT2D eigenvalue weighted by Gasteiger charge is 2.35. The maximum atomic E-state index is 12.8. The van der Waals surface area contributed by atoms with E-state index in [-0.39, 0.29) is 17.7 Å². The normalized spacial score (nSPS) is 17.5. The molecule has 0 unspecified atom stereocenters. The van der Waals surface area contributed by atoms with Crippen molar-refractivity contribution < 1.29 is 14.0 Å². The fraction of sp³-hybridized carbons (Fsp3) is 0.500. The van der Waals surface area contributed by atoms with Crippen LogP contribution in [0, 0.1) is 5.92 Å². The van der Waals surface area contributed by atoms with Crippen LogP contribution in [0.15, 0.2) is 40.3 Å². The quantitative estimate of drug-likeness (QED) is 0.732. The summed E-state index contributed by atoms with van der Waals surface area (Å²) in [7, 11) is 0. The average Bonchev–Trinajstić information content (AvgIpc) is 3.16. The second kappa shape index (κ2) is 8.27. The molecular weight excluding hydrogens is 362 g/mol. The van der Waals surface area contributed by atoms with Gasteiger partial charge in [-0.25, -0.2) is 0 Å². The van der Waals surface area contributed by atoms with Crippen molar-refractivity contribution in [1.29, 1.82) is 0 Å². The first-order valence-corrected chi connectivity index (χ1v) is 10.4. The van der Waals surface area contributed by atoms with Crippen LogP contribution in [0.1, 0.15) is 23.5 Å². The van der Waals surface area contributed by atoms with Gasteiger partial charge >= 0.3 is 0 Å². The van der Waals surface area contributed by atoms with Crippen LogP contribution >= 0.6 is 11.3 Å². The SMILES string of the molecule is O=C(CN(Cc1ccco1)Cc1cccs1)N1CCN(C(=O)C2CC2)CC1. The highest BCUT2D eigenvalue weighted by molar-refractivity contribution is 7.09. The van der Waals surface area contributed by atoms with Gasteiger partial charge in [-0.1, -0.05) is 6.07 Å². The van der Waals surface area contributed by atoms with Gasteiger partial charge < -0.3 is 14.2 Å². The molecule has 3 heterocycles. The number of carbonyl (C=O) groups excluding carboxylic acids is 2. The van der Waals surface area contributed by atoms with Crippen LogP contribution in [0.5, 0.6) is 0 Å². The van der Waals surface area contributed by atoms with Crippen molar-refractivity contribution in [2.75, 3.05) is 32.7 Å². The molecule has 0 aromatic carbocycles. The lowest BCUT2D eigenvalue weighted by Gasteiger charge is -2.36. The Balaban J connectivity index is 1.32. The summed E-state index contributed by atoms with van der Waals surface area (Å²) in [6.07, 6.45) is 3.72.